The van der Waals surface area contributed by atoms with Crippen LogP contribution in [0.15, 0.2) is 48.5 Å². The number of allylic oxidation sites excluding steroid dienone is 3. The average molecular weight is 180 g/mol. The summed E-state index contributed by atoms with van der Waals surface area (Å²) in [4.78, 5) is 0. The third-order valence-electron chi connectivity index (χ3n) is 1.47. The highest BCUT2D eigenvalue weighted by atomic mass is 16.5. The van der Waals surface area contributed by atoms with Gasteiger partial charge in [0, 0.05) is 5.57 Å². The lowest BCUT2D eigenvalue weighted by atomic mass is 10.2. The highest BCUT2D eigenvalue weighted by molar-refractivity contribution is 5.34. The molecule has 72 valence electrons. The maximum Gasteiger partial charge on any atom is 0.129 e. The SMILES string of the molecule is C=CC(=C\C)/C(=C/C)O/C=C/CO. The van der Waals surface area contributed by atoms with Crippen LogP contribution in [0.1, 0.15) is 13.8 Å². The predicted octanol–water partition coefficient (Wildman–Crippen LogP) is 2.55. The van der Waals surface area contributed by atoms with Gasteiger partial charge in [0.2, 0.25) is 0 Å². The topological polar surface area (TPSA) is 29.5 Å². The van der Waals surface area contributed by atoms with Gasteiger partial charge in [0.25, 0.3) is 0 Å². The maximum atomic E-state index is 8.48. The minimum Gasteiger partial charge on any atom is -0.465 e. The molecule has 1 N–H and O–H groups in total. The molecule has 0 amide bonds. The lowest BCUT2D eigenvalue weighted by Crippen LogP contribution is -1.88. The second-order valence-corrected chi connectivity index (χ2v) is 2.27. The van der Waals surface area contributed by atoms with Crippen LogP contribution in [0.5, 0.6) is 0 Å². The normalized spacial score (nSPS) is 13.5. The Morgan fingerprint density at radius 1 is 1.38 bits per heavy atom. The van der Waals surface area contributed by atoms with Crippen LogP contribution < -0.4 is 0 Å². The summed E-state index contributed by atoms with van der Waals surface area (Å²) in [6.07, 6.45) is 8.47. The van der Waals surface area contributed by atoms with Gasteiger partial charge in [0.15, 0.2) is 0 Å². The van der Waals surface area contributed by atoms with E-state index < -0.39 is 0 Å². The predicted molar refractivity (Wildman–Crippen MR) is 55.0 cm³/mol. The molecule has 0 rings (SSSR count). The molecular weight excluding hydrogens is 164 g/mol. The third kappa shape index (κ3) is 4.33. The molecule has 0 bridgehead atoms. The molecule has 0 fully saturated rings. The molecule has 0 aliphatic rings. The van der Waals surface area contributed by atoms with E-state index in [1.807, 2.05) is 26.0 Å². The summed E-state index contributed by atoms with van der Waals surface area (Å²) in [5.41, 5.74) is 0.935. The Bertz CT molecular complexity index is 234. The van der Waals surface area contributed by atoms with Gasteiger partial charge < -0.3 is 9.84 Å². The van der Waals surface area contributed by atoms with Crippen LogP contribution in [-0.4, -0.2) is 11.7 Å². The van der Waals surface area contributed by atoms with Gasteiger partial charge in [-0.3, -0.25) is 0 Å². The first-order chi connectivity index (χ1) is 6.29. The molecule has 0 radical (unpaired) electrons. The Hall–Kier alpha value is -1.28. The standard InChI is InChI=1S/C11H16O2/c1-4-10(5-2)11(6-3)13-9-7-8-12/h4-7,9,12H,1,8H2,2-3H3/b9-7+,10-5+,11-6-. The molecule has 13 heavy (non-hydrogen) atoms. The summed E-state index contributed by atoms with van der Waals surface area (Å²) in [5.74, 6) is 0.738. The van der Waals surface area contributed by atoms with Crippen molar-refractivity contribution < 1.29 is 9.84 Å². The van der Waals surface area contributed by atoms with E-state index >= 15 is 0 Å². The fraction of sp³-hybridized carbons (Fsp3) is 0.273. The first-order valence-electron chi connectivity index (χ1n) is 4.18. The van der Waals surface area contributed by atoms with E-state index in [0.29, 0.717) is 0 Å². The molecule has 0 aromatic carbocycles. The van der Waals surface area contributed by atoms with Crippen molar-refractivity contribution in [2.75, 3.05) is 6.61 Å². The summed E-state index contributed by atoms with van der Waals surface area (Å²) in [6, 6.07) is 0. The van der Waals surface area contributed by atoms with Gasteiger partial charge in [-0.1, -0.05) is 18.7 Å². The maximum absolute atomic E-state index is 8.48. The van der Waals surface area contributed by atoms with E-state index in [9.17, 15) is 0 Å². The lowest BCUT2D eigenvalue weighted by Gasteiger charge is -2.05. The Kier molecular flexibility index (Phi) is 6.65. The average Bonchev–Trinajstić information content (AvgIpc) is 2.17. The molecule has 0 heterocycles. The molecule has 0 spiro atoms. The smallest absolute Gasteiger partial charge is 0.129 e. The number of aliphatic hydroxyl groups excluding tert-OH is 1. The zero-order valence-corrected chi connectivity index (χ0v) is 8.16. The van der Waals surface area contributed by atoms with Crippen molar-refractivity contribution >= 4 is 0 Å². The number of ether oxygens (including phenoxy) is 1. The monoisotopic (exact) mass is 180 g/mol. The Balaban J connectivity index is 4.36. The van der Waals surface area contributed by atoms with Crippen molar-refractivity contribution in [3.05, 3.63) is 48.5 Å². The zero-order valence-electron chi connectivity index (χ0n) is 8.16. The van der Waals surface area contributed by atoms with Crippen molar-refractivity contribution in [2.24, 2.45) is 0 Å². The van der Waals surface area contributed by atoms with E-state index in [0.717, 1.165) is 11.3 Å². The fourth-order valence-electron chi connectivity index (χ4n) is 0.828. The highest BCUT2D eigenvalue weighted by Gasteiger charge is 1.97. The van der Waals surface area contributed by atoms with E-state index in [1.165, 1.54) is 12.3 Å². The summed E-state index contributed by atoms with van der Waals surface area (Å²) in [5, 5.41) is 8.48. The molecule has 0 aliphatic heterocycles. The van der Waals surface area contributed by atoms with Crippen LogP contribution in [0.25, 0.3) is 0 Å². The van der Waals surface area contributed by atoms with Gasteiger partial charge in [0.1, 0.15) is 5.76 Å². The van der Waals surface area contributed by atoms with Gasteiger partial charge >= 0.3 is 0 Å². The first-order valence-corrected chi connectivity index (χ1v) is 4.18. The van der Waals surface area contributed by atoms with Crippen molar-refractivity contribution in [3.63, 3.8) is 0 Å². The fourth-order valence-corrected chi connectivity index (χ4v) is 0.828. The van der Waals surface area contributed by atoms with E-state index in [2.05, 4.69) is 6.58 Å². The Morgan fingerprint density at radius 2 is 2.08 bits per heavy atom. The molecule has 0 saturated carbocycles. The van der Waals surface area contributed by atoms with Gasteiger partial charge in [-0.05, 0) is 26.0 Å². The van der Waals surface area contributed by atoms with Gasteiger partial charge in [-0.2, -0.15) is 0 Å². The second-order valence-electron chi connectivity index (χ2n) is 2.27. The Morgan fingerprint density at radius 3 is 2.46 bits per heavy atom. The van der Waals surface area contributed by atoms with E-state index in [4.69, 9.17) is 9.84 Å². The van der Waals surface area contributed by atoms with Crippen LogP contribution in [0, 0.1) is 0 Å². The third-order valence-corrected chi connectivity index (χ3v) is 1.47. The van der Waals surface area contributed by atoms with Crippen molar-refractivity contribution in [1.29, 1.82) is 0 Å². The minimum absolute atomic E-state index is 0.0176. The van der Waals surface area contributed by atoms with Crippen LogP contribution >= 0.6 is 0 Å². The number of hydrogen-bond acceptors (Lipinski definition) is 2. The molecule has 0 atom stereocenters. The second kappa shape index (κ2) is 7.37. The molecule has 0 aromatic heterocycles. The molecule has 2 nitrogen and oxygen atoms in total. The molecular formula is C11H16O2. The highest BCUT2D eigenvalue weighted by Crippen LogP contribution is 2.12. The van der Waals surface area contributed by atoms with E-state index in [1.54, 1.807) is 6.08 Å². The van der Waals surface area contributed by atoms with Crippen LogP contribution in [0.3, 0.4) is 0 Å². The molecule has 0 aliphatic carbocycles. The van der Waals surface area contributed by atoms with Gasteiger partial charge in [0.05, 0.1) is 12.9 Å². The zero-order chi connectivity index (χ0) is 10.1. The van der Waals surface area contributed by atoms with Gasteiger partial charge in [-0.15, -0.1) is 0 Å². The Labute approximate surface area is 79.5 Å². The minimum atomic E-state index is -0.0176. The van der Waals surface area contributed by atoms with Crippen LogP contribution in [0.2, 0.25) is 0 Å². The number of aliphatic hydroxyl groups is 1. The summed E-state index contributed by atoms with van der Waals surface area (Å²) in [7, 11) is 0. The molecule has 2 heteroatoms. The summed E-state index contributed by atoms with van der Waals surface area (Å²) >= 11 is 0. The summed E-state index contributed by atoms with van der Waals surface area (Å²) < 4.78 is 5.26. The van der Waals surface area contributed by atoms with Crippen molar-refractivity contribution in [1.82, 2.24) is 0 Å². The van der Waals surface area contributed by atoms with Crippen molar-refractivity contribution in [2.45, 2.75) is 13.8 Å². The summed E-state index contributed by atoms with van der Waals surface area (Å²) in [6.45, 7) is 7.45. The van der Waals surface area contributed by atoms with Gasteiger partial charge in [-0.25, -0.2) is 0 Å². The largest absolute Gasteiger partial charge is 0.465 e. The number of hydrogen-bond donors (Lipinski definition) is 1. The van der Waals surface area contributed by atoms with Crippen LogP contribution in [-0.2, 0) is 4.74 Å². The molecule has 0 aromatic rings. The van der Waals surface area contributed by atoms with Crippen molar-refractivity contribution in [3.8, 4) is 0 Å². The molecule has 0 unspecified atom stereocenters. The number of rotatable bonds is 5. The lowest BCUT2D eigenvalue weighted by molar-refractivity contribution is 0.324. The molecule has 0 saturated heterocycles. The first kappa shape index (κ1) is 11.7. The quantitative estimate of drug-likeness (QED) is 0.520. The van der Waals surface area contributed by atoms with E-state index in [-0.39, 0.29) is 6.61 Å². The van der Waals surface area contributed by atoms with Crippen LogP contribution in [0.4, 0.5) is 0 Å².